The molecule has 0 atom stereocenters. The summed E-state index contributed by atoms with van der Waals surface area (Å²) in [5, 5.41) is 19.7. The Morgan fingerprint density at radius 1 is 1.50 bits per heavy atom. The summed E-state index contributed by atoms with van der Waals surface area (Å²) < 4.78 is 42.2. The maximum absolute atomic E-state index is 12.5. The van der Waals surface area contributed by atoms with Crippen molar-refractivity contribution >= 4 is 23.4 Å². The number of ether oxygens (including phenoxy) is 1. The van der Waals surface area contributed by atoms with Crippen molar-refractivity contribution in [2.45, 2.75) is 23.7 Å². The normalized spacial score (nSPS) is 10.9. The number of thioether (sulfide) groups is 1. The first-order valence-corrected chi connectivity index (χ1v) is 6.62. The van der Waals surface area contributed by atoms with Gasteiger partial charge in [-0.15, -0.1) is 0 Å². The van der Waals surface area contributed by atoms with Crippen LogP contribution in [0, 0.1) is 21.4 Å². The molecule has 22 heavy (non-hydrogen) atoms. The molecule has 0 aliphatic rings. The minimum atomic E-state index is -4.69. The van der Waals surface area contributed by atoms with Crippen molar-refractivity contribution in [3.05, 3.63) is 33.4 Å². The van der Waals surface area contributed by atoms with Gasteiger partial charge in [-0.2, -0.15) is 18.4 Å². The van der Waals surface area contributed by atoms with Crippen molar-refractivity contribution in [2.24, 2.45) is 0 Å². The summed E-state index contributed by atoms with van der Waals surface area (Å²) in [5.74, 6) is -0.788. The van der Waals surface area contributed by atoms with Crippen LogP contribution in [0.15, 0.2) is 17.0 Å². The smallest absolute Gasteiger partial charge is 0.446 e. The molecule has 0 spiro atoms. The van der Waals surface area contributed by atoms with Gasteiger partial charge in [0.05, 0.1) is 18.0 Å². The molecule has 0 N–H and O–H groups in total. The average Bonchev–Trinajstić information content (AvgIpc) is 2.38. The zero-order valence-corrected chi connectivity index (χ0v) is 12.0. The Hall–Kier alpha value is -2.28. The molecule has 118 valence electrons. The predicted molar refractivity (Wildman–Crippen MR) is 70.1 cm³/mol. The molecule has 0 saturated heterocycles. The molecule has 0 fully saturated rings. The van der Waals surface area contributed by atoms with Crippen LogP contribution in [-0.2, 0) is 16.0 Å². The molecular weight excluding hydrogens is 325 g/mol. The molecule has 0 radical (unpaired) electrons. The van der Waals surface area contributed by atoms with E-state index in [-0.39, 0.29) is 12.2 Å². The van der Waals surface area contributed by atoms with E-state index in [1.165, 1.54) is 13.0 Å². The highest BCUT2D eigenvalue weighted by molar-refractivity contribution is 8.00. The van der Waals surface area contributed by atoms with E-state index in [0.717, 1.165) is 6.07 Å². The summed E-state index contributed by atoms with van der Waals surface area (Å²) >= 11 is -0.583. The van der Waals surface area contributed by atoms with Gasteiger partial charge in [-0.3, -0.25) is 14.9 Å². The lowest BCUT2D eigenvalue weighted by Gasteiger charge is -2.11. The number of carbonyl (C=O) groups excluding carboxylic acids is 1. The van der Waals surface area contributed by atoms with Crippen LogP contribution in [0.25, 0.3) is 0 Å². The Bertz CT molecular complexity index is 640. The highest BCUT2D eigenvalue weighted by atomic mass is 32.2. The Morgan fingerprint density at radius 3 is 2.59 bits per heavy atom. The Kier molecular flexibility index (Phi) is 5.76. The van der Waals surface area contributed by atoms with Gasteiger partial charge in [0.15, 0.2) is 0 Å². The minimum Gasteiger partial charge on any atom is -0.466 e. The topological polar surface area (TPSA) is 93.2 Å². The molecule has 10 heteroatoms. The molecule has 1 aromatic carbocycles. The molecule has 0 saturated carbocycles. The van der Waals surface area contributed by atoms with E-state index in [9.17, 15) is 28.1 Å². The molecule has 0 aromatic heterocycles. The summed E-state index contributed by atoms with van der Waals surface area (Å²) in [7, 11) is 0. The molecule has 0 unspecified atom stereocenters. The second-order valence-corrected chi connectivity index (χ2v) is 4.98. The number of halogens is 3. The van der Waals surface area contributed by atoms with Crippen LogP contribution in [-0.4, -0.2) is 23.0 Å². The van der Waals surface area contributed by atoms with Crippen LogP contribution >= 0.6 is 11.8 Å². The maximum atomic E-state index is 12.5. The van der Waals surface area contributed by atoms with E-state index in [1.807, 2.05) is 0 Å². The summed E-state index contributed by atoms with van der Waals surface area (Å²) in [6.07, 6.45) is -0.515. The fourth-order valence-electron chi connectivity index (χ4n) is 1.58. The minimum absolute atomic E-state index is 0.0403. The van der Waals surface area contributed by atoms with Crippen LogP contribution in [0.5, 0.6) is 0 Å². The number of hydrogen-bond acceptors (Lipinski definition) is 6. The molecule has 0 aliphatic heterocycles. The van der Waals surface area contributed by atoms with Gasteiger partial charge in [0, 0.05) is 11.0 Å². The Morgan fingerprint density at radius 2 is 2.14 bits per heavy atom. The molecule has 0 heterocycles. The lowest BCUT2D eigenvalue weighted by Crippen LogP contribution is -2.10. The van der Waals surface area contributed by atoms with Gasteiger partial charge >= 0.3 is 11.5 Å². The number of nitrogens with zero attached hydrogens (tertiary/aromatic N) is 2. The number of rotatable bonds is 5. The predicted octanol–water partition coefficient (Wildman–Crippen LogP) is 3.18. The molecule has 0 bridgehead atoms. The average molecular weight is 334 g/mol. The van der Waals surface area contributed by atoms with Gasteiger partial charge in [0.1, 0.15) is 11.6 Å². The second kappa shape index (κ2) is 7.13. The number of hydrogen-bond donors (Lipinski definition) is 0. The van der Waals surface area contributed by atoms with Gasteiger partial charge in [-0.1, -0.05) is 0 Å². The van der Waals surface area contributed by atoms with Crippen LogP contribution in [0.3, 0.4) is 0 Å². The highest BCUT2D eigenvalue weighted by Gasteiger charge is 2.32. The van der Waals surface area contributed by atoms with E-state index < -0.39 is 50.7 Å². The van der Waals surface area contributed by atoms with Crippen LogP contribution in [0.1, 0.15) is 18.1 Å². The third-order valence-electron chi connectivity index (χ3n) is 2.36. The van der Waals surface area contributed by atoms with E-state index in [0.29, 0.717) is 6.07 Å². The summed E-state index contributed by atoms with van der Waals surface area (Å²) in [6.45, 7) is 1.57. The van der Waals surface area contributed by atoms with Gasteiger partial charge in [0.25, 0.3) is 5.69 Å². The SMILES string of the molecule is CCOC(=O)Cc1cc(C#N)c([N+](=O)[O-])cc1SC(F)(F)F. The maximum Gasteiger partial charge on any atom is 0.446 e. The first kappa shape index (κ1) is 17.8. The number of nitro groups is 1. The van der Waals surface area contributed by atoms with E-state index >= 15 is 0 Å². The van der Waals surface area contributed by atoms with Crippen molar-refractivity contribution in [3.8, 4) is 6.07 Å². The second-order valence-electron chi connectivity index (χ2n) is 3.88. The molecule has 0 aliphatic carbocycles. The quantitative estimate of drug-likeness (QED) is 0.355. The van der Waals surface area contributed by atoms with Gasteiger partial charge in [-0.25, -0.2) is 0 Å². The monoisotopic (exact) mass is 334 g/mol. The first-order chi connectivity index (χ1) is 10.2. The molecule has 6 nitrogen and oxygen atoms in total. The van der Waals surface area contributed by atoms with E-state index in [1.54, 1.807) is 0 Å². The Balaban J connectivity index is 3.35. The molecule has 0 amide bonds. The van der Waals surface area contributed by atoms with Crippen molar-refractivity contribution in [1.29, 1.82) is 5.26 Å². The van der Waals surface area contributed by atoms with Gasteiger partial charge in [-0.05, 0) is 30.3 Å². The number of carbonyl (C=O) groups is 1. The first-order valence-electron chi connectivity index (χ1n) is 5.80. The fraction of sp³-hybridized carbons (Fsp3) is 0.333. The van der Waals surface area contributed by atoms with Gasteiger partial charge < -0.3 is 4.74 Å². The van der Waals surface area contributed by atoms with Crippen LogP contribution in [0.2, 0.25) is 0 Å². The largest absolute Gasteiger partial charge is 0.466 e. The molecule has 1 aromatic rings. The summed E-state index contributed by atoms with van der Waals surface area (Å²) in [6, 6.07) is 3.08. The fourth-order valence-corrected chi connectivity index (χ4v) is 2.26. The highest BCUT2D eigenvalue weighted by Crippen LogP contribution is 2.41. The Labute approximate surface area is 127 Å². The van der Waals surface area contributed by atoms with Crippen LogP contribution in [0.4, 0.5) is 18.9 Å². The zero-order valence-electron chi connectivity index (χ0n) is 11.1. The lowest BCUT2D eigenvalue weighted by molar-refractivity contribution is -0.385. The zero-order chi connectivity index (χ0) is 16.9. The number of esters is 1. The van der Waals surface area contributed by atoms with E-state index in [2.05, 4.69) is 4.74 Å². The molecular formula is C12H9F3N2O4S. The number of nitro benzene ring substituents is 1. The number of nitriles is 1. The van der Waals surface area contributed by atoms with Crippen molar-refractivity contribution in [2.75, 3.05) is 6.61 Å². The van der Waals surface area contributed by atoms with Crippen molar-refractivity contribution in [1.82, 2.24) is 0 Å². The van der Waals surface area contributed by atoms with Crippen LogP contribution < -0.4 is 0 Å². The third-order valence-corrected chi connectivity index (χ3v) is 3.19. The van der Waals surface area contributed by atoms with E-state index in [4.69, 9.17) is 5.26 Å². The van der Waals surface area contributed by atoms with Crippen molar-refractivity contribution in [3.63, 3.8) is 0 Å². The standard InChI is InChI=1S/C12H9F3N2O4S/c1-2-21-11(18)4-7-3-8(6-16)9(17(19)20)5-10(7)22-12(13,14)15/h3,5H,2,4H2,1H3. The summed E-state index contributed by atoms with van der Waals surface area (Å²) in [4.78, 5) is 20.8. The lowest BCUT2D eigenvalue weighted by atomic mass is 10.1. The number of alkyl halides is 3. The summed E-state index contributed by atoms with van der Waals surface area (Å²) in [5.41, 5.74) is -6.01. The number of benzene rings is 1. The molecule has 1 rings (SSSR count). The van der Waals surface area contributed by atoms with Crippen molar-refractivity contribution < 1.29 is 27.6 Å². The third kappa shape index (κ3) is 4.92. The van der Waals surface area contributed by atoms with Gasteiger partial charge in [0.2, 0.25) is 0 Å².